The fourth-order valence-electron chi connectivity index (χ4n) is 4.12. The largest absolute Gasteiger partial charge is 0.444 e. The van der Waals surface area contributed by atoms with Crippen LogP contribution in [0.2, 0.25) is 10.0 Å². The van der Waals surface area contributed by atoms with E-state index in [1.807, 2.05) is 41.5 Å². The number of aldehydes is 2. The van der Waals surface area contributed by atoms with Gasteiger partial charge in [-0.1, -0.05) is 30.6 Å². The van der Waals surface area contributed by atoms with Gasteiger partial charge in [0.1, 0.15) is 17.0 Å². The van der Waals surface area contributed by atoms with Crippen molar-refractivity contribution in [1.82, 2.24) is 15.1 Å². The highest BCUT2D eigenvalue weighted by Gasteiger charge is 2.27. The molecule has 2 aliphatic rings. The maximum Gasteiger partial charge on any atom is 0.410 e. The van der Waals surface area contributed by atoms with Gasteiger partial charge in [0.2, 0.25) is 0 Å². The van der Waals surface area contributed by atoms with Crippen LogP contribution in [0.1, 0.15) is 69.7 Å². The van der Waals surface area contributed by atoms with Gasteiger partial charge in [-0.3, -0.25) is 9.59 Å². The quantitative estimate of drug-likeness (QED) is 0.346. The lowest BCUT2D eigenvalue weighted by atomic mass is 10.1. The Morgan fingerprint density at radius 3 is 1.61 bits per heavy atom. The number of benzene rings is 2. The second-order valence-electron chi connectivity index (χ2n) is 12.3. The third-order valence-electron chi connectivity index (χ3n) is 6.25. The van der Waals surface area contributed by atoms with E-state index in [4.69, 9.17) is 32.7 Å². The second kappa shape index (κ2) is 18.7. The van der Waals surface area contributed by atoms with Gasteiger partial charge < -0.3 is 29.5 Å². The molecule has 2 amide bonds. The van der Waals surface area contributed by atoms with Crippen molar-refractivity contribution in [2.24, 2.45) is 0 Å². The predicted octanol–water partition coefficient (Wildman–Crippen LogP) is 6.96. The average molecular weight is 686 g/mol. The molecule has 4 rings (SSSR count). The molecule has 0 atom stereocenters. The van der Waals surface area contributed by atoms with Crippen LogP contribution in [0.4, 0.5) is 19.7 Å². The molecule has 2 saturated heterocycles. The van der Waals surface area contributed by atoms with E-state index in [1.165, 1.54) is 12.1 Å². The molecule has 2 aliphatic heterocycles. The Morgan fingerprint density at radius 1 is 0.739 bits per heavy atom. The summed E-state index contributed by atoms with van der Waals surface area (Å²) in [6.45, 7) is 16.8. The Hall–Kier alpha value is -3.41. The van der Waals surface area contributed by atoms with Gasteiger partial charge in [-0.2, -0.15) is 0 Å². The van der Waals surface area contributed by atoms with E-state index in [9.17, 15) is 23.6 Å². The number of halogens is 3. The van der Waals surface area contributed by atoms with Crippen LogP contribution in [0.3, 0.4) is 0 Å². The molecule has 0 bridgehead atoms. The minimum atomic E-state index is -0.581. The van der Waals surface area contributed by atoms with Gasteiger partial charge in [0.15, 0.2) is 12.6 Å². The highest BCUT2D eigenvalue weighted by atomic mass is 35.5. The molecular formula is C33H47Cl2FN4O6. The number of piperazine rings is 2. The number of ether oxygens (including phenoxy) is 2. The van der Waals surface area contributed by atoms with E-state index in [2.05, 4.69) is 10.2 Å². The summed E-state index contributed by atoms with van der Waals surface area (Å²) in [5.41, 5.74) is 0.569. The summed E-state index contributed by atoms with van der Waals surface area (Å²) in [5, 5.41) is 4.07. The molecule has 0 radical (unpaired) electrons. The Labute approximate surface area is 282 Å². The fraction of sp³-hybridized carbons (Fsp3) is 0.515. The van der Waals surface area contributed by atoms with Crippen LogP contribution in [0.5, 0.6) is 0 Å². The van der Waals surface area contributed by atoms with Crippen molar-refractivity contribution in [3.63, 3.8) is 0 Å². The van der Waals surface area contributed by atoms with E-state index in [0.29, 0.717) is 48.1 Å². The first-order chi connectivity index (χ1) is 21.0. The van der Waals surface area contributed by atoms with E-state index >= 15 is 0 Å². The lowest BCUT2D eigenvalue weighted by molar-refractivity contribution is 0.0223. The molecule has 2 fully saturated rings. The Balaban J connectivity index is 0.000000375. The van der Waals surface area contributed by atoms with Crippen LogP contribution in [-0.4, -0.2) is 98.1 Å². The number of carbonyl (C=O) groups excluding carboxylic acids is 4. The molecule has 0 unspecified atom stereocenters. The van der Waals surface area contributed by atoms with Gasteiger partial charge in [-0.25, -0.2) is 14.0 Å². The molecule has 46 heavy (non-hydrogen) atoms. The molecule has 10 nitrogen and oxygen atoms in total. The zero-order valence-corrected chi connectivity index (χ0v) is 28.2. The monoisotopic (exact) mass is 684 g/mol. The number of nitrogens with one attached hydrogen (secondary N) is 1. The third-order valence-corrected chi connectivity index (χ3v) is 6.72. The molecular weight excluding hydrogens is 638 g/mol. The van der Waals surface area contributed by atoms with Crippen molar-refractivity contribution in [1.29, 1.82) is 0 Å². The summed E-state index contributed by atoms with van der Waals surface area (Å²) in [4.78, 5) is 50.2. The Kier molecular flexibility index (Phi) is 16.5. The SMILES string of the molecule is C.CC(C)(C)OC(=O)N1CCN(c2cc(Cl)ccc2C=O)CC1.CC(C)(C)OC(=O)N1CCNCC1.O=Cc1ccc(Cl)cc1F. The summed E-state index contributed by atoms with van der Waals surface area (Å²) in [7, 11) is 0. The molecule has 1 N–H and O–H groups in total. The van der Waals surface area contributed by atoms with Gasteiger partial charge in [-0.15, -0.1) is 0 Å². The summed E-state index contributed by atoms with van der Waals surface area (Å²) < 4.78 is 23.1. The third kappa shape index (κ3) is 14.3. The maximum absolute atomic E-state index is 12.5. The molecule has 2 aromatic rings. The lowest BCUT2D eigenvalue weighted by Crippen LogP contribution is -2.50. The maximum atomic E-state index is 12.5. The van der Waals surface area contributed by atoms with Crippen molar-refractivity contribution in [3.05, 3.63) is 63.4 Å². The highest BCUT2D eigenvalue weighted by Crippen LogP contribution is 2.25. The number of hydrogen-bond donors (Lipinski definition) is 1. The van der Waals surface area contributed by atoms with Crippen LogP contribution in [0, 0.1) is 5.82 Å². The number of carbonyl (C=O) groups is 4. The Morgan fingerprint density at radius 2 is 1.17 bits per heavy atom. The molecule has 2 heterocycles. The topological polar surface area (TPSA) is 108 Å². The zero-order chi connectivity index (χ0) is 33.8. The van der Waals surface area contributed by atoms with Gasteiger partial charge in [0, 0.05) is 73.7 Å². The van der Waals surface area contributed by atoms with Crippen LogP contribution >= 0.6 is 23.2 Å². The van der Waals surface area contributed by atoms with E-state index in [1.54, 1.807) is 28.0 Å². The highest BCUT2D eigenvalue weighted by molar-refractivity contribution is 6.31. The van der Waals surface area contributed by atoms with Gasteiger partial charge in [-0.05, 0) is 77.9 Å². The first-order valence-corrected chi connectivity index (χ1v) is 15.3. The minimum Gasteiger partial charge on any atom is -0.444 e. The fourth-order valence-corrected chi connectivity index (χ4v) is 4.44. The zero-order valence-electron chi connectivity index (χ0n) is 26.7. The molecule has 2 aromatic carbocycles. The summed E-state index contributed by atoms with van der Waals surface area (Å²) in [5.74, 6) is -0.581. The molecule has 0 aliphatic carbocycles. The van der Waals surface area contributed by atoms with Crippen molar-refractivity contribution in [2.75, 3.05) is 57.3 Å². The summed E-state index contributed by atoms with van der Waals surface area (Å²) >= 11 is 11.4. The van der Waals surface area contributed by atoms with Crippen LogP contribution in [0.15, 0.2) is 36.4 Å². The lowest BCUT2D eigenvalue weighted by Gasteiger charge is -2.37. The van der Waals surface area contributed by atoms with E-state index in [0.717, 1.165) is 44.2 Å². The van der Waals surface area contributed by atoms with Gasteiger partial charge in [0.05, 0.1) is 5.56 Å². The van der Waals surface area contributed by atoms with Gasteiger partial charge in [0.25, 0.3) is 0 Å². The molecule has 256 valence electrons. The standard InChI is InChI=1S/C16H21ClN2O3.C9H18N2O2.C7H4ClFO.CH4/c1-16(2,3)22-15(21)19-8-6-18(7-9-19)14-10-13(17)5-4-12(14)11-20;1-9(2,3)13-8(12)11-6-4-10-5-7-11;8-6-2-1-5(4-10)7(9)3-6;/h4-5,10-11H,6-9H2,1-3H3;10H,4-7H2,1-3H3;1-4H;1H4. The molecule has 0 spiro atoms. The van der Waals surface area contributed by atoms with E-state index < -0.39 is 11.4 Å². The number of hydrogen-bond acceptors (Lipinski definition) is 8. The van der Waals surface area contributed by atoms with Crippen LogP contribution < -0.4 is 10.2 Å². The van der Waals surface area contributed by atoms with Gasteiger partial charge >= 0.3 is 12.2 Å². The predicted molar refractivity (Wildman–Crippen MR) is 181 cm³/mol. The van der Waals surface area contributed by atoms with Crippen LogP contribution in [0.25, 0.3) is 0 Å². The van der Waals surface area contributed by atoms with E-state index in [-0.39, 0.29) is 30.8 Å². The normalized spacial score (nSPS) is 14.8. The molecule has 13 heteroatoms. The summed E-state index contributed by atoms with van der Waals surface area (Å²) in [6, 6.07) is 9.11. The first kappa shape index (κ1) is 40.6. The van der Waals surface area contributed by atoms with Crippen molar-refractivity contribution < 1.29 is 33.0 Å². The first-order valence-electron chi connectivity index (χ1n) is 14.6. The number of anilines is 1. The van der Waals surface area contributed by atoms with Crippen LogP contribution in [-0.2, 0) is 9.47 Å². The number of rotatable bonds is 3. The van der Waals surface area contributed by atoms with Crippen molar-refractivity contribution >= 4 is 53.6 Å². The molecule has 0 saturated carbocycles. The Bertz CT molecular complexity index is 1300. The average Bonchev–Trinajstić information content (AvgIpc) is 2.97. The minimum absolute atomic E-state index is 0. The van der Waals surface area contributed by atoms with Crippen molar-refractivity contribution in [3.8, 4) is 0 Å². The number of nitrogens with zero attached hydrogens (tertiary/aromatic N) is 3. The second-order valence-corrected chi connectivity index (χ2v) is 13.1. The summed E-state index contributed by atoms with van der Waals surface area (Å²) in [6.07, 6.45) is 0.778. The smallest absolute Gasteiger partial charge is 0.410 e. The molecule has 0 aromatic heterocycles. The number of amides is 2. The van der Waals surface area contributed by atoms with Crippen molar-refractivity contribution in [2.45, 2.75) is 60.2 Å².